The quantitative estimate of drug-likeness (QED) is 0.804. The summed E-state index contributed by atoms with van der Waals surface area (Å²) >= 11 is 0. The minimum absolute atomic E-state index is 0.0718. The maximum absolute atomic E-state index is 12.4. The number of piperidine rings is 1. The van der Waals surface area contributed by atoms with Crippen LogP contribution in [0.2, 0.25) is 0 Å². The number of nitrogens with zero attached hydrogens (tertiary/aromatic N) is 5. The zero-order valence-electron chi connectivity index (χ0n) is 16.1. The molecule has 0 spiro atoms. The van der Waals surface area contributed by atoms with Crippen molar-refractivity contribution >= 4 is 11.7 Å². The molecular formula is C18H27N7O2. The van der Waals surface area contributed by atoms with Crippen molar-refractivity contribution in [1.82, 2.24) is 30.4 Å². The highest BCUT2D eigenvalue weighted by atomic mass is 16.5. The van der Waals surface area contributed by atoms with E-state index >= 15 is 0 Å². The summed E-state index contributed by atoms with van der Waals surface area (Å²) in [5.41, 5.74) is 1.31. The molecule has 3 rings (SSSR count). The summed E-state index contributed by atoms with van der Waals surface area (Å²) in [7, 11) is 1.58. The molecule has 1 saturated heterocycles. The van der Waals surface area contributed by atoms with Gasteiger partial charge in [-0.15, -0.1) is 5.10 Å². The molecule has 2 heterocycles. The van der Waals surface area contributed by atoms with E-state index in [0.29, 0.717) is 22.9 Å². The Hall–Kier alpha value is -2.68. The molecular weight excluding hydrogens is 346 g/mol. The summed E-state index contributed by atoms with van der Waals surface area (Å²) in [6, 6.07) is 5.20. The van der Waals surface area contributed by atoms with Crippen LogP contribution in [0.1, 0.15) is 32.0 Å². The smallest absolute Gasteiger partial charge is 0.319 e. The highest BCUT2D eigenvalue weighted by Gasteiger charge is 2.16. The van der Waals surface area contributed by atoms with E-state index in [1.165, 1.54) is 19.3 Å². The summed E-state index contributed by atoms with van der Waals surface area (Å²) in [6.45, 7) is 6.92. The van der Waals surface area contributed by atoms with E-state index in [4.69, 9.17) is 4.74 Å². The number of methoxy groups -OCH3 is 1. The number of amides is 2. The SMILES string of the molecule is COc1ccc(NC(=O)NC(C)CN2CCCCC2)cc1-n1nnnc1C. The van der Waals surface area contributed by atoms with Crippen LogP contribution in [0.4, 0.5) is 10.5 Å². The normalized spacial score (nSPS) is 16.0. The van der Waals surface area contributed by atoms with Crippen LogP contribution in [0.3, 0.4) is 0 Å². The third kappa shape index (κ3) is 4.94. The summed E-state index contributed by atoms with van der Waals surface area (Å²) in [5, 5.41) is 17.4. The van der Waals surface area contributed by atoms with Crippen molar-refractivity contribution < 1.29 is 9.53 Å². The number of urea groups is 1. The molecule has 2 aromatic rings. The molecule has 0 radical (unpaired) electrons. The molecule has 0 saturated carbocycles. The van der Waals surface area contributed by atoms with Crippen LogP contribution in [-0.4, -0.2) is 63.9 Å². The molecule has 1 unspecified atom stereocenters. The first kappa shape index (κ1) is 19.1. The van der Waals surface area contributed by atoms with Crippen molar-refractivity contribution in [2.45, 2.75) is 39.2 Å². The molecule has 27 heavy (non-hydrogen) atoms. The number of rotatable bonds is 6. The lowest BCUT2D eigenvalue weighted by Crippen LogP contribution is -2.45. The lowest BCUT2D eigenvalue weighted by molar-refractivity contribution is 0.206. The average molecular weight is 373 g/mol. The van der Waals surface area contributed by atoms with Crippen molar-refractivity contribution in [3.63, 3.8) is 0 Å². The van der Waals surface area contributed by atoms with Crippen LogP contribution < -0.4 is 15.4 Å². The summed E-state index contributed by atoms with van der Waals surface area (Å²) < 4.78 is 6.95. The van der Waals surface area contributed by atoms with Crippen LogP contribution in [0.25, 0.3) is 5.69 Å². The second-order valence-corrected chi connectivity index (χ2v) is 6.89. The Bertz CT molecular complexity index is 771. The first-order valence-electron chi connectivity index (χ1n) is 9.30. The fraction of sp³-hybridized carbons (Fsp3) is 0.556. The van der Waals surface area contributed by atoms with Gasteiger partial charge < -0.3 is 20.3 Å². The fourth-order valence-corrected chi connectivity index (χ4v) is 3.35. The van der Waals surface area contributed by atoms with Gasteiger partial charge in [-0.3, -0.25) is 0 Å². The minimum atomic E-state index is -0.232. The van der Waals surface area contributed by atoms with Gasteiger partial charge in [-0.2, -0.15) is 4.68 Å². The van der Waals surface area contributed by atoms with Gasteiger partial charge in [0.25, 0.3) is 0 Å². The first-order chi connectivity index (χ1) is 13.1. The largest absolute Gasteiger partial charge is 0.494 e. The van der Waals surface area contributed by atoms with Gasteiger partial charge >= 0.3 is 6.03 Å². The second-order valence-electron chi connectivity index (χ2n) is 6.89. The minimum Gasteiger partial charge on any atom is -0.494 e. The summed E-state index contributed by atoms with van der Waals surface area (Å²) in [4.78, 5) is 14.8. The molecule has 0 bridgehead atoms. The van der Waals surface area contributed by atoms with Gasteiger partial charge in [0, 0.05) is 18.3 Å². The number of nitrogens with one attached hydrogen (secondary N) is 2. The van der Waals surface area contributed by atoms with E-state index in [1.807, 2.05) is 6.92 Å². The number of hydrogen-bond acceptors (Lipinski definition) is 6. The van der Waals surface area contributed by atoms with Crippen molar-refractivity contribution in [1.29, 1.82) is 0 Å². The number of ether oxygens (including phenoxy) is 1. The Morgan fingerprint density at radius 2 is 2.07 bits per heavy atom. The third-order valence-electron chi connectivity index (χ3n) is 4.65. The van der Waals surface area contributed by atoms with E-state index in [1.54, 1.807) is 36.9 Å². The number of aromatic nitrogens is 4. The lowest BCUT2D eigenvalue weighted by Gasteiger charge is -2.29. The molecule has 2 N–H and O–H groups in total. The Morgan fingerprint density at radius 1 is 1.30 bits per heavy atom. The summed E-state index contributed by atoms with van der Waals surface area (Å²) in [6.07, 6.45) is 3.79. The summed E-state index contributed by atoms with van der Waals surface area (Å²) in [5.74, 6) is 1.25. The fourth-order valence-electron chi connectivity index (χ4n) is 3.35. The highest BCUT2D eigenvalue weighted by molar-refractivity contribution is 5.90. The molecule has 1 fully saturated rings. The lowest BCUT2D eigenvalue weighted by atomic mass is 10.1. The van der Waals surface area contributed by atoms with Crippen LogP contribution >= 0.6 is 0 Å². The number of hydrogen-bond donors (Lipinski definition) is 2. The van der Waals surface area contributed by atoms with Crippen LogP contribution in [0.5, 0.6) is 5.75 Å². The Labute approximate surface area is 159 Å². The average Bonchev–Trinajstić information content (AvgIpc) is 3.08. The van der Waals surface area contributed by atoms with Crippen molar-refractivity contribution in [2.24, 2.45) is 0 Å². The van der Waals surface area contributed by atoms with E-state index in [-0.39, 0.29) is 12.1 Å². The van der Waals surface area contributed by atoms with Gasteiger partial charge in [-0.25, -0.2) is 4.79 Å². The van der Waals surface area contributed by atoms with Gasteiger partial charge in [0.1, 0.15) is 11.4 Å². The van der Waals surface area contributed by atoms with Gasteiger partial charge in [-0.1, -0.05) is 6.42 Å². The van der Waals surface area contributed by atoms with Crippen LogP contribution in [-0.2, 0) is 0 Å². The topological polar surface area (TPSA) is 97.2 Å². The molecule has 1 aliphatic heterocycles. The predicted octanol–water partition coefficient (Wildman–Crippen LogP) is 1.98. The highest BCUT2D eigenvalue weighted by Crippen LogP contribution is 2.26. The monoisotopic (exact) mass is 373 g/mol. The molecule has 146 valence electrons. The van der Waals surface area contributed by atoms with Gasteiger partial charge in [0.15, 0.2) is 5.82 Å². The Balaban J connectivity index is 1.63. The molecule has 1 aliphatic rings. The molecule has 1 atom stereocenters. The number of benzene rings is 1. The van der Waals surface area contributed by atoms with Gasteiger partial charge in [-0.05, 0) is 68.4 Å². The van der Waals surface area contributed by atoms with Crippen molar-refractivity contribution in [3.8, 4) is 11.4 Å². The van der Waals surface area contributed by atoms with E-state index in [0.717, 1.165) is 19.6 Å². The predicted molar refractivity (Wildman–Crippen MR) is 102 cm³/mol. The maximum Gasteiger partial charge on any atom is 0.319 e. The molecule has 1 aromatic carbocycles. The number of carbonyl (C=O) groups is 1. The number of anilines is 1. The standard InChI is InChI=1S/C18H27N7O2/c1-13(12-24-9-5-4-6-10-24)19-18(26)20-15-7-8-17(27-3)16(11-15)25-14(2)21-22-23-25/h7-8,11,13H,4-6,9-10,12H2,1-3H3,(H2,19,20,26). The van der Waals surface area contributed by atoms with Gasteiger partial charge in [0.2, 0.25) is 0 Å². The van der Waals surface area contributed by atoms with Crippen LogP contribution in [0.15, 0.2) is 18.2 Å². The van der Waals surface area contributed by atoms with Crippen LogP contribution in [0, 0.1) is 6.92 Å². The van der Waals surface area contributed by atoms with E-state index in [2.05, 4.69) is 31.1 Å². The zero-order valence-corrected chi connectivity index (χ0v) is 16.1. The number of carbonyl (C=O) groups excluding carboxylic acids is 1. The third-order valence-corrected chi connectivity index (χ3v) is 4.65. The van der Waals surface area contributed by atoms with E-state index < -0.39 is 0 Å². The number of tetrazole rings is 1. The molecule has 0 aliphatic carbocycles. The van der Waals surface area contributed by atoms with Crippen molar-refractivity contribution in [3.05, 3.63) is 24.0 Å². The van der Waals surface area contributed by atoms with Gasteiger partial charge in [0.05, 0.1) is 7.11 Å². The number of aryl methyl sites for hydroxylation is 1. The number of likely N-dealkylation sites (tertiary alicyclic amines) is 1. The Morgan fingerprint density at radius 3 is 2.74 bits per heavy atom. The Kier molecular flexibility index (Phi) is 6.23. The second kappa shape index (κ2) is 8.81. The molecule has 1 aromatic heterocycles. The van der Waals surface area contributed by atoms with E-state index in [9.17, 15) is 4.79 Å². The molecule has 9 nitrogen and oxygen atoms in total. The zero-order chi connectivity index (χ0) is 19.2. The van der Waals surface area contributed by atoms with Crippen molar-refractivity contribution in [2.75, 3.05) is 32.1 Å². The molecule has 2 amide bonds. The first-order valence-corrected chi connectivity index (χ1v) is 9.30. The molecule has 9 heteroatoms. The maximum atomic E-state index is 12.4.